The van der Waals surface area contributed by atoms with Gasteiger partial charge in [0, 0.05) is 16.7 Å². The highest BCUT2D eigenvalue weighted by atomic mass is 35.5. The van der Waals surface area contributed by atoms with Crippen molar-refractivity contribution in [1.82, 2.24) is 15.5 Å². The Balaban J connectivity index is 1.42. The van der Waals surface area contributed by atoms with Crippen molar-refractivity contribution >= 4 is 34.9 Å². The predicted molar refractivity (Wildman–Crippen MR) is 106 cm³/mol. The molecule has 1 aromatic heterocycles. The number of aromatic nitrogens is 2. The summed E-state index contributed by atoms with van der Waals surface area (Å²) >= 11 is 11.8. The topological polar surface area (TPSA) is 76.1 Å². The van der Waals surface area contributed by atoms with Crippen molar-refractivity contribution in [2.45, 2.75) is 0 Å². The van der Waals surface area contributed by atoms with E-state index < -0.39 is 6.03 Å². The zero-order valence-electron chi connectivity index (χ0n) is 14.2. The van der Waals surface area contributed by atoms with Gasteiger partial charge in [0.15, 0.2) is 0 Å². The summed E-state index contributed by atoms with van der Waals surface area (Å²) in [7, 11) is 0. The van der Waals surface area contributed by atoms with Crippen molar-refractivity contribution < 1.29 is 9.53 Å². The van der Waals surface area contributed by atoms with Crippen LogP contribution in [0.1, 0.15) is 0 Å². The Hall–Kier alpha value is -2.83. The molecule has 0 unspecified atom stereocenters. The molecule has 0 saturated carbocycles. The maximum Gasteiger partial charge on any atom is 0.319 e. The van der Waals surface area contributed by atoms with Gasteiger partial charge in [-0.15, -0.1) is 10.2 Å². The van der Waals surface area contributed by atoms with Crippen molar-refractivity contribution in [1.29, 1.82) is 0 Å². The van der Waals surface area contributed by atoms with Gasteiger partial charge in [0.25, 0.3) is 0 Å². The fourth-order valence-corrected chi connectivity index (χ4v) is 2.69. The van der Waals surface area contributed by atoms with Crippen molar-refractivity contribution in [3.05, 3.63) is 70.7 Å². The number of nitrogens with one attached hydrogen (secondary N) is 2. The summed E-state index contributed by atoms with van der Waals surface area (Å²) in [5.74, 6) is 0.387. The fraction of sp³-hybridized carbons (Fsp3) is 0.105. The molecule has 0 radical (unpaired) electrons. The molecule has 0 aliphatic carbocycles. The number of carbonyl (C=O) groups is 1. The van der Waals surface area contributed by atoms with E-state index in [1.807, 2.05) is 36.4 Å². The number of rotatable bonds is 6. The van der Waals surface area contributed by atoms with E-state index in [1.165, 1.54) is 0 Å². The van der Waals surface area contributed by atoms with E-state index in [-0.39, 0.29) is 6.61 Å². The number of ether oxygens (including phenoxy) is 1. The Labute approximate surface area is 166 Å². The van der Waals surface area contributed by atoms with Crippen molar-refractivity contribution in [2.24, 2.45) is 0 Å². The summed E-state index contributed by atoms with van der Waals surface area (Å²) in [6.07, 6.45) is 0. The first-order valence-corrected chi connectivity index (χ1v) is 8.89. The lowest BCUT2D eigenvalue weighted by Gasteiger charge is -2.10. The standard InChI is InChI=1S/C19H16Cl2N4O2/c20-14-6-7-17(15(21)12-14)23-19(26)22-10-11-27-18-9-8-16(24-25-18)13-4-2-1-3-5-13/h1-9,12H,10-11H2,(H2,22,23,26). The molecule has 0 spiro atoms. The second kappa shape index (κ2) is 9.21. The lowest BCUT2D eigenvalue weighted by Crippen LogP contribution is -2.32. The van der Waals surface area contributed by atoms with Crippen LogP contribution in [-0.2, 0) is 0 Å². The van der Waals surface area contributed by atoms with Crippen LogP contribution in [-0.4, -0.2) is 29.4 Å². The molecule has 138 valence electrons. The number of halogens is 2. The minimum atomic E-state index is -0.395. The molecule has 8 heteroatoms. The molecule has 1 heterocycles. The van der Waals surface area contributed by atoms with Crippen LogP contribution in [0.5, 0.6) is 5.88 Å². The molecule has 0 atom stereocenters. The summed E-state index contributed by atoms with van der Waals surface area (Å²) in [5, 5.41) is 14.3. The largest absolute Gasteiger partial charge is 0.475 e. The molecular weight excluding hydrogens is 387 g/mol. The van der Waals surface area contributed by atoms with Gasteiger partial charge in [-0.1, -0.05) is 53.5 Å². The van der Waals surface area contributed by atoms with E-state index in [0.29, 0.717) is 28.2 Å². The van der Waals surface area contributed by atoms with Crippen LogP contribution in [0.25, 0.3) is 11.3 Å². The molecule has 3 rings (SSSR count). The van der Waals surface area contributed by atoms with Crippen LogP contribution < -0.4 is 15.4 Å². The summed E-state index contributed by atoms with van der Waals surface area (Å²) in [6, 6.07) is 17.7. The second-order valence-corrected chi connectivity index (χ2v) is 6.32. The molecule has 3 aromatic rings. The third-order valence-corrected chi connectivity index (χ3v) is 4.07. The quantitative estimate of drug-likeness (QED) is 0.588. The molecule has 0 aliphatic rings. The lowest BCUT2D eigenvalue weighted by atomic mass is 10.1. The van der Waals surface area contributed by atoms with Gasteiger partial charge in [0.2, 0.25) is 5.88 Å². The van der Waals surface area contributed by atoms with Crippen molar-refractivity contribution in [3.63, 3.8) is 0 Å². The van der Waals surface area contributed by atoms with E-state index in [0.717, 1.165) is 11.3 Å². The molecule has 0 fully saturated rings. The monoisotopic (exact) mass is 402 g/mol. The molecule has 2 N–H and O–H groups in total. The fourth-order valence-electron chi connectivity index (χ4n) is 2.24. The first kappa shape index (κ1) is 18.9. The molecular formula is C19H16Cl2N4O2. The summed E-state index contributed by atoms with van der Waals surface area (Å²) in [4.78, 5) is 11.9. The Kier molecular flexibility index (Phi) is 6.46. The number of benzene rings is 2. The highest BCUT2D eigenvalue weighted by Gasteiger charge is 2.06. The van der Waals surface area contributed by atoms with Gasteiger partial charge in [-0.3, -0.25) is 0 Å². The SMILES string of the molecule is O=C(NCCOc1ccc(-c2ccccc2)nn1)Nc1ccc(Cl)cc1Cl. The summed E-state index contributed by atoms with van der Waals surface area (Å²) in [5.41, 5.74) is 2.22. The molecule has 6 nitrogen and oxygen atoms in total. The smallest absolute Gasteiger partial charge is 0.319 e. The normalized spacial score (nSPS) is 10.3. The lowest BCUT2D eigenvalue weighted by molar-refractivity contribution is 0.246. The van der Waals surface area contributed by atoms with E-state index >= 15 is 0 Å². The Morgan fingerprint density at radius 2 is 1.81 bits per heavy atom. The average Bonchev–Trinajstić information content (AvgIpc) is 2.69. The van der Waals surface area contributed by atoms with Gasteiger partial charge >= 0.3 is 6.03 Å². The number of hydrogen-bond acceptors (Lipinski definition) is 4. The molecule has 0 bridgehead atoms. The Morgan fingerprint density at radius 1 is 1.00 bits per heavy atom. The van der Waals surface area contributed by atoms with E-state index in [2.05, 4.69) is 20.8 Å². The van der Waals surface area contributed by atoms with Gasteiger partial charge < -0.3 is 15.4 Å². The summed E-state index contributed by atoms with van der Waals surface area (Å²) < 4.78 is 5.48. The average molecular weight is 403 g/mol. The third kappa shape index (κ3) is 5.57. The number of hydrogen-bond donors (Lipinski definition) is 2. The molecule has 0 aliphatic heterocycles. The van der Waals surface area contributed by atoms with Crippen molar-refractivity contribution in [3.8, 4) is 17.1 Å². The zero-order chi connectivity index (χ0) is 19.1. The van der Waals surface area contributed by atoms with Crippen LogP contribution >= 0.6 is 23.2 Å². The highest BCUT2D eigenvalue weighted by molar-refractivity contribution is 6.36. The number of carbonyl (C=O) groups excluding carboxylic acids is 1. The highest BCUT2D eigenvalue weighted by Crippen LogP contribution is 2.25. The van der Waals surface area contributed by atoms with Gasteiger partial charge in [0.1, 0.15) is 6.61 Å². The number of amides is 2. The third-order valence-electron chi connectivity index (χ3n) is 3.53. The summed E-state index contributed by atoms with van der Waals surface area (Å²) in [6.45, 7) is 0.542. The molecule has 27 heavy (non-hydrogen) atoms. The first-order chi connectivity index (χ1) is 13.1. The maximum atomic E-state index is 11.9. The Bertz CT molecular complexity index is 905. The van der Waals surface area contributed by atoms with Crippen LogP contribution in [0.4, 0.5) is 10.5 Å². The van der Waals surface area contributed by atoms with Gasteiger partial charge in [0.05, 0.1) is 22.9 Å². The zero-order valence-corrected chi connectivity index (χ0v) is 15.7. The van der Waals surface area contributed by atoms with E-state index in [9.17, 15) is 4.79 Å². The number of urea groups is 1. The first-order valence-electron chi connectivity index (χ1n) is 8.14. The maximum absolute atomic E-state index is 11.9. The molecule has 2 aromatic carbocycles. The van der Waals surface area contributed by atoms with E-state index in [4.69, 9.17) is 27.9 Å². The Morgan fingerprint density at radius 3 is 2.52 bits per heavy atom. The van der Waals surface area contributed by atoms with Gasteiger partial charge in [-0.05, 0) is 24.3 Å². The van der Waals surface area contributed by atoms with Crippen LogP contribution in [0, 0.1) is 0 Å². The minimum Gasteiger partial charge on any atom is -0.475 e. The second-order valence-electron chi connectivity index (χ2n) is 5.48. The number of nitrogens with zero attached hydrogens (tertiary/aromatic N) is 2. The minimum absolute atomic E-state index is 0.251. The molecule has 2 amide bonds. The van der Waals surface area contributed by atoms with E-state index in [1.54, 1.807) is 24.3 Å². The van der Waals surface area contributed by atoms with Crippen LogP contribution in [0.15, 0.2) is 60.7 Å². The number of anilines is 1. The van der Waals surface area contributed by atoms with Crippen LogP contribution in [0.2, 0.25) is 10.0 Å². The van der Waals surface area contributed by atoms with Gasteiger partial charge in [-0.2, -0.15) is 0 Å². The van der Waals surface area contributed by atoms with Gasteiger partial charge in [-0.25, -0.2) is 4.79 Å². The molecule has 0 saturated heterocycles. The van der Waals surface area contributed by atoms with Crippen LogP contribution in [0.3, 0.4) is 0 Å². The van der Waals surface area contributed by atoms with Crippen molar-refractivity contribution in [2.75, 3.05) is 18.5 Å². The predicted octanol–water partition coefficient (Wildman–Crippen LogP) is 4.65.